The highest BCUT2D eigenvalue weighted by Crippen LogP contribution is 2.46. The summed E-state index contributed by atoms with van der Waals surface area (Å²) in [6.45, 7) is 8.03. The average Bonchev–Trinajstić information content (AvgIpc) is 3.25. The van der Waals surface area contributed by atoms with E-state index in [1.54, 1.807) is 6.07 Å². The molecule has 2 aliphatic rings. The van der Waals surface area contributed by atoms with Gasteiger partial charge in [-0.15, -0.1) is 0 Å². The Balaban J connectivity index is 0.00000132. The molecule has 2 unspecified atom stereocenters. The highest BCUT2D eigenvalue weighted by atomic mass is 35.5. The van der Waals surface area contributed by atoms with Crippen molar-refractivity contribution < 1.29 is 23.5 Å². The number of quaternary nitrogens is 1. The highest BCUT2D eigenvalue weighted by molar-refractivity contribution is 6.31. The lowest BCUT2D eigenvalue weighted by Gasteiger charge is -2.45. The number of hydrogen-bond donors (Lipinski definition) is 0. The molecule has 31 heavy (non-hydrogen) atoms. The van der Waals surface area contributed by atoms with E-state index in [9.17, 15) is 9.59 Å². The summed E-state index contributed by atoms with van der Waals surface area (Å²) < 4.78 is 11.8. The molecule has 4 rings (SSSR count). The first kappa shape index (κ1) is 23.3. The van der Waals surface area contributed by atoms with Crippen molar-refractivity contribution in [1.29, 1.82) is 0 Å². The van der Waals surface area contributed by atoms with E-state index < -0.39 is 0 Å². The molecular weight excluding hydrogens is 414 g/mol. The average molecular weight is 445 g/mol. The van der Waals surface area contributed by atoms with Crippen molar-refractivity contribution in [2.24, 2.45) is 0 Å². The summed E-state index contributed by atoms with van der Waals surface area (Å²) in [6.07, 6.45) is 2.33. The van der Waals surface area contributed by atoms with Gasteiger partial charge in [0.05, 0.1) is 32.1 Å². The third-order valence-corrected chi connectivity index (χ3v) is 6.78. The van der Waals surface area contributed by atoms with E-state index in [1.165, 1.54) is 0 Å². The van der Waals surface area contributed by atoms with Crippen LogP contribution < -0.4 is 9.47 Å². The maximum absolute atomic E-state index is 13.1. The second-order valence-electron chi connectivity index (χ2n) is 8.01. The van der Waals surface area contributed by atoms with Gasteiger partial charge >= 0.3 is 0 Å². The van der Waals surface area contributed by atoms with Crippen molar-refractivity contribution in [3.05, 3.63) is 57.6 Å². The Morgan fingerprint density at radius 2 is 2.00 bits per heavy atom. The van der Waals surface area contributed by atoms with E-state index in [0.717, 1.165) is 42.5 Å². The first-order chi connectivity index (χ1) is 15.0. The number of rotatable bonds is 6. The van der Waals surface area contributed by atoms with Crippen molar-refractivity contribution in [2.75, 3.05) is 26.9 Å². The fourth-order valence-corrected chi connectivity index (χ4v) is 4.74. The SMILES string of the molecule is CC.CC[N+]1(C)CCc2cc3c(c(C=O)c2C1CC(=O)Cc1ccccc1Cl)OCO3. The summed E-state index contributed by atoms with van der Waals surface area (Å²) in [7, 11) is 2.16. The summed E-state index contributed by atoms with van der Waals surface area (Å²) in [6, 6.07) is 9.32. The molecule has 2 aromatic carbocycles. The molecule has 2 aromatic rings. The van der Waals surface area contributed by atoms with Gasteiger partial charge in [0.25, 0.3) is 0 Å². The predicted octanol–water partition coefficient (Wildman–Crippen LogP) is 5.17. The summed E-state index contributed by atoms with van der Waals surface area (Å²) in [5.74, 6) is 1.25. The number of nitrogens with zero attached hydrogens (tertiary/aromatic N) is 1. The summed E-state index contributed by atoms with van der Waals surface area (Å²) >= 11 is 6.25. The second kappa shape index (κ2) is 9.84. The zero-order valence-corrected chi connectivity index (χ0v) is 19.5. The number of hydrogen-bond acceptors (Lipinski definition) is 4. The number of carbonyl (C=O) groups excluding carboxylic acids is 2. The number of likely N-dealkylation sites (N-methyl/N-ethyl adjacent to an activating group) is 1. The van der Waals surface area contributed by atoms with Crippen LogP contribution in [0.2, 0.25) is 5.02 Å². The summed E-state index contributed by atoms with van der Waals surface area (Å²) in [5.41, 5.74) is 3.38. The number of Topliss-reactive ketones (excluding diaryl/α,β-unsaturated/α-hetero) is 1. The van der Waals surface area contributed by atoms with Gasteiger partial charge in [-0.1, -0.05) is 43.6 Å². The number of fused-ring (bicyclic) bond motifs is 2. The zero-order chi connectivity index (χ0) is 22.6. The van der Waals surface area contributed by atoms with Crippen molar-refractivity contribution >= 4 is 23.7 Å². The van der Waals surface area contributed by atoms with Crippen molar-refractivity contribution in [2.45, 2.75) is 46.1 Å². The fraction of sp³-hybridized carbons (Fsp3) is 0.440. The molecule has 0 fully saturated rings. The highest BCUT2D eigenvalue weighted by Gasteiger charge is 2.42. The summed E-state index contributed by atoms with van der Waals surface area (Å²) in [4.78, 5) is 25.1. The smallest absolute Gasteiger partial charge is 0.231 e. The van der Waals surface area contributed by atoms with Gasteiger partial charge in [-0.2, -0.15) is 0 Å². The molecule has 2 aliphatic heterocycles. The molecule has 0 bridgehead atoms. The topological polar surface area (TPSA) is 52.6 Å². The number of aldehydes is 1. The first-order valence-corrected chi connectivity index (χ1v) is 11.3. The molecular formula is C25H31ClNO4+. The Labute approximate surface area is 189 Å². The third kappa shape index (κ3) is 4.48. The lowest BCUT2D eigenvalue weighted by Crippen LogP contribution is -2.52. The van der Waals surface area contributed by atoms with Crippen LogP contribution in [0.3, 0.4) is 0 Å². The van der Waals surface area contributed by atoms with Gasteiger partial charge in [0.1, 0.15) is 11.8 Å². The van der Waals surface area contributed by atoms with Crippen LogP contribution in [-0.2, 0) is 17.6 Å². The molecule has 2 atom stereocenters. The molecule has 0 spiro atoms. The minimum Gasteiger partial charge on any atom is -0.454 e. The van der Waals surface area contributed by atoms with Crippen molar-refractivity contribution in [1.82, 2.24) is 0 Å². The molecule has 0 N–H and O–H groups in total. The minimum atomic E-state index is -0.103. The molecule has 6 heteroatoms. The number of ketones is 1. The van der Waals surface area contributed by atoms with E-state index in [4.69, 9.17) is 21.1 Å². The van der Waals surface area contributed by atoms with Crippen LogP contribution in [0.4, 0.5) is 0 Å². The van der Waals surface area contributed by atoms with E-state index >= 15 is 0 Å². The molecule has 2 heterocycles. The zero-order valence-electron chi connectivity index (χ0n) is 18.7. The second-order valence-corrected chi connectivity index (χ2v) is 8.42. The number of carbonyl (C=O) groups is 2. The molecule has 5 nitrogen and oxygen atoms in total. The lowest BCUT2D eigenvalue weighted by atomic mass is 9.83. The lowest BCUT2D eigenvalue weighted by molar-refractivity contribution is -0.939. The molecule has 0 radical (unpaired) electrons. The van der Waals surface area contributed by atoms with Gasteiger partial charge in [-0.05, 0) is 30.2 Å². The first-order valence-electron chi connectivity index (χ1n) is 11.0. The van der Waals surface area contributed by atoms with Gasteiger partial charge < -0.3 is 14.0 Å². The Hall–Kier alpha value is -2.37. The Kier molecular flexibility index (Phi) is 7.39. The number of ether oxygens (including phenoxy) is 2. The molecule has 166 valence electrons. The normalized spacial score (nSPS) is 21.0. The van der Waals surface area contributed by atoms with Gasteiger partial charge in [0, 0.05) is 23.4 Å². The van der Waals surface area contributed by atoms with Gasteiger partial charge in [-0.3, -0.25) is 9.59 Å². The van der Waals surface area contributed by atoms with Gasteiger partial charge in [0.2, 0.25) is 6.79 Å². The van der Waals surface area contributed by atoms with E-state index in [-0.39, 0.29) is 25.0 Å². The van der Waals surface area contributed by atoms with Crippen molar-refractivity contribution in [3.8, 4) is 11.5 Å². The molecule has 0 saturated heterocycles. The third-order valence-electron chi connectivity index (χ3n) is 6.41. The van der Waals surface area contributed by atoms with E-state index in [0.29, 0.717) is 33.0 Å². The largest absolute Gasteiger partial charge is 0.454 e. The van der Waals surface area contributed by atoms with E-state index in [2.05, 4.69) is 14.0 Å². The summed E-state index contributed by atoms with van der Waals surface area (Å²) in [5, 5.41) is 0.606. The van der Waals surface area contributed by atoms with Gasteiger partial charge in [-0.25, -0.2) is 0 Å². The van der Waals surface area contributed by atoms with Gasteiger partial charge in [0.15, 0.2) is 17.8 Å². The molecule has 0 aromatic heterocycles. The Morgan fingerprint density at radius 1 is 1.26 bits per heavy atom. The molecule has 0 aliphatic carbocycles. The minimum absolute atomic E-state index is 0.103. The van der Waals surface area contributed by atoms with E-state index in [1.807, 2.05) is 38.1 Å². The number of halogens is 1. The van der Waals surface area contributed by atoms with Crippen LogP contribution in [0.5, 0.6) is 11.5 Å². The standard InChI is InChI=1S/C23H25ClNO4.C2H6/c1-3-25(2)9-8-16-11-21-23(29-14-28-21)18(13-26)22(16)20(25)12-17(27)10-15-6-4-5-7-19(15)24;1-2/h4-7,11,13,20H,3,8-10,12,14H2,1-2H3;1-2H3/q+1;. The maximum atomic E-state index is 13.1. The van der Waals surface area contributed by atoms with Crippen LogP contribution in [0, 0.1) is 0 Å². The molecule has 0 saturated carbocycles. The fourth-order valence-electron chi connectivity index (χ4n) is 4.54. The van der Waals surface area contributed by atoms with Crippen molar-refractivity contribution in [3.63, 3.8) is 0 Å². The predicted molar refractivity (Wildman–Crippen MR) is 122 cm³/mol. The maximum Gasteiger partial charge on any atom is 0.231 e. The van der Waals surface area contributed by atoms with Crippen LogP contribution in [0.15, 0.2) is 30.3 Å². The molecule has 0 amide bonds. The van der Waals surface area contributed by atoms with Crippen LogP contribution >= 0.6 is 11.6 Å². The van der Waals surface area contributed by atoms with Crippen LogP contribution in [0.25, 0.3) is 0 Å². The monoisotopic (exact) mass is 444 g/mol. The Morgan fingerprint density at radius 3 is 2.68 bits per heavy atom. The van der Waals surface area contributed by atoms with Crippen LogP contribution in [0.1, 0.15) is 60.3 Å². The Bertz CT molecular complexity index is 974. The van der Waals surface area contributed by atoms with Crippen LogP contribution in [-0.4, -0.2) is 43.5 Å². The number of benzene rings is 2. The quantitative estimate of drug-likeness (QED) is 0.455.